The van der Waals surface area contributed by atoms with Gasteiger partial charge in [0, 0.05) is 24.8 Å². The molecule has 0 unspecified atom stereocenters. The Morgan fingerprint density at radius 3 is 2.50 bits per heavy atom. The number of hydrogen-bond acceptors (Lipinski definition) is 2. The number of hydrogen-bond donors (Lipinski definition) is 1. The van der Waals surface area contributed by atoms with E-state index in [9.17, 15) is 0 Å². The topological polar surface area (TPSA) is 29.9 Å². The Morgan fingerprint density at radius 2 is 1.89 bits per heavy atom. The van der Waals surface area contributed by atoms with E-state index in [1.54, 1.807) is 0 Å². The van der Waals surface area contributed by atoms with Crippen LogP contribution in [0.1, 0.15) is 25.8 Å². The van der Waals surface area contributed by atoms with Gasteiger partial charge >= 0.3 is 0 Å². The van der Waals surface area contributed by atoms with Crippen LogP contribution in [0.5, 0.6) is 0 Å². The van der Waals surface area contributed by atoms with E-state index in [2.05, 4.69) is 54.7 Å². The summed E-state index contributed by atoms with van der Waals surface area (Å²) in [7, 11) is 0. The summed E-state index contributed by atoms with van der Waals surface area (Å²) in [5.74, 6) is 0. The third kappa shape index (κ3) is 3.20. The van der Waals surface area contributed by atoms with E-state index in [1.165, 1.54) is 23.1 Å². The summed E-state index contributed by atoms with van der Waals surface area (Å²) < 4.78 is 1.95. The van der Waals surface area contributed by atoms with E-state index in [0.29, 0.717) is 0 Å². The number of benzene rings is 1. The summed E-state index contributed by atoms with van der Waals surface area (Å²) in [6.45, 7) is 7.22. The highest BCUT2D eigenvalue weighted by atomic mass is 15.3. The second kappa shape index (κ2) is 6.36. The van der Waals surface area contributed by atoms with Gasteiger partial charge in [-0.25, -0.2) is 0 Å². The molecule has 0 radical (unpaired) electrons. The molecule has 1 aromatic heterocycles. The van der Waals surface area contributed by atoms with E-state index in [0.717, 1.165) is 19.6 Å². The standard InChI is InChI=1S/C15H21N3/c1-3-9-16-10-13-5-7-14(8-6-13)15-11-17-18(4-2)12-15/h5-8,11-12,16H,3-4,9-10H2,1-2H3. The molecule has 0 bridgehead atoms. The maximum Gasteiger partial charge on any atom is 0.0568 e. The zero-order valence-corrected chi connectivity index (χ0v) is 11.2. The van der Waals surface area contributed by atoms with Gasteiger partial charge in [0.25, 0.3) is 0 Å². The van der Waals surface area contributed by atoms with Crippen LogP contribution >= 0.6 is 0 Å². The van der Waals surface area contributed by atoms with Crippen LogP contribution in [0.25, 0.3) is 11.1 Å². The van der Waals surface area contributed by atoms with E-state index in [1.807, 2.05) is 10.9 Å². The zero-order valence-electron chi connectivity index (χ0n) is 11.2. The summed E-state index contributed by atoms with van der Waals surface area (Å²) in [6.07, 6.45) is 5.19. The van der Waals surface area contributed by atoms with Gasteiger partial charge in [0.05, 0.1) is 6.20 Å². The van der Waals surface area contributed by atoms with Crippen LogP contribution in [0.2, 0.25) is 0 Å². The Hall–Kier alpha value is -1.61. The van der Waals surface area contributed by atoms with Crippen LogP contribution in [0.4, 0.5) is 0 Å². The first-order valence-electron chi connectivity index (χ1n) is 6.66. The number of aromatic nitrogens is 2. The molecule has 96 valence electrons. The molecule has 0 spiro atoms. The van der Waals surface area contributed by atoms with Crippen LogP contribution in [0, 0.1) is 0 Å². The fourth-order valence-corrected chi connectivity index (χ4v) is 1.91. The normalized spacial score (nSPS) is 10.8. The molecule has 1 heterocycles. The smallest absolute Gasteiger partial charge is 0.0568 e. The van der Waals surface area contributed by atoms with Gasteiger partial charge in [0.1, 0.15) is 0 Å². The second-order valence-electron chi connectivity index (χ2n) is 4.46. The van der Waals surface area contributed by atoms with Crippen molar-refractivity contribution in [2.75, 3.05) is 6.54 Å². The van der Waals surface area contributed by atoms with Crippen molar-refractivity contribution in [2.45, 2.75) is 33.4 Å². The molecule has 0 aliphatic carbocycles. The number of rotatable bonds is 6. The third-order valence-corrected chi connectivity index (χ3v) is 3.00. The molecule has 1 aromatic carbocycles. The van der Waals surface area contributed by atoms with Crippen molar-refractivity contribution in [3.8, 4) is 11.1 Å². The maximum absolute atomic E-state index is 4.30. The lowest BCUT2D eigenvalue weighted by Crippen LogP contribution is -2.13. The van der Waals surface area contributed by atoms with Gasteiger partial charge in [-0.2, -0.15) is 5.10 Å². The number of aryl methyl sites for hydroxylation is 1. The monoisotopic (exact) mass is 243 g/mol. The van der Waals surface area contributed by atoms with Crippen LogP contribution < -0.4 is 5.32 Å². The summed E-state index contributed by atoms with van der Waals surface area (Å²) in [6, 6.07) is 8.70. The van der Waals surface area contributed by atoms with Gasteiger partial charge in [0.2, 0.25) is 0 Å². The average molecular weight is 243 g/mol. The Kier molecular flexibility index (Phi) is 4.53. The summed E-state index contributed by atoms with van der Waals surface area (Å²) >= 11 is 0. The molecule has 0 aliphatic heterocycles. The van der Waals surface area contributed by atoms with Gasteiger partial charge < -0.3 is 5.32 Å². The first-order valence-corrected chi connectivity index (χ1v) is 6.66. The number of nitrogens with one attached hydrogen (secondary N) is 1. The highest BCUT2D eigenvalue weighted by Gasteiger charge is 2.01. The van der Waals surface area contributed by atoms with Gasteiger partial charge in [0.15, 0.2) is 0 Å². The first kappa shape index (κ1) is 12.8. The molecular formula is C15H21N3. The predicted molar refractivity (Wildman–Crippen MR) is 75.3 cm³/mol. The lowest BCUT2D eigenvalue weighted by molar-refractivity contribution is 0.660. The Bertz CT molecular complexity index is 471. The average Bonchev–Trinajstić information content (AvgIpc) is 2.89. The van der Waals surface area contributed by atoms with Crippen LogP contribution in [0.15, 0.2) is 36.7 Å². The summed E-state index contributed by atoms with van der Waals surface area (Å²) in [5.41, 5.74) is 3.74. The molecule has 0 saturated heterocycles. The van der Waals surface area contributed by atoms with Crippen molar-refractivity contribution < 1.29 is 0 Å². The fourth-order valence-electron chi connectivity index (χ4n) is 1.91. The molecule has 3 nitrogen and oxygen atoms in total. The molecular weight excluding hydrogens is 222 g/mol. The minimum absolute atomic E-state index is 0.916. The maximum atomic E-state index is 4.30. The van der Waals surface area contributed by atoms with Gasteiger partial charge in [-0.05, 0) is 31.0 Å². The Balaban J connectivity index is 2.02. The summed E-state index contributed by atoms with van der Waals surface area (Å²) in [4.78, 5) is 0. The molecule has 3 heteroatoms. The molecule has 2 aromatic rings. The molecule has 0 saturated carbocycles. The molecule has 0 aliphatic rings. The SMILES string of the molecule is CCCNCc1ccc(-c2cnn(CC)c2)cc1. The van der Waals surface area contributed by atoms with Crippen LogP contribution in [-0.4, -0.2) is 16.3 Å². The van der Waals surface area contributed by atoms with E-state index >= 15 is 0 Å². The van der Waals surface area contributed by atoms with E-state index < -0.39 is 0 Å². The predicted octanol–water partition coefficient (Wildman–Crippen LogP) is 3.07. The van der Waals surface area contributed by atoms with Gasteiger partial charge in [-0.3, -0.25) is 4.68 Å². The minimum Gasteiger partial charge on any atom is -0.313 e. The zero-order chi connectivity index (χ0) is 12.8. The van der Waals surface area contributed by atoms with Crippen LogP contribution in [-0.2, 0) is 13.1 Å². The van der Waals surface area contributed by atoms with Gasteiger partial charge in [-0.1, -0.05) is 31.2 Å². The van der Waals surface area contributed by atoms with Crippen molar-refractivity contribution >= 4 is 0 Å². The highest BCUT2D eigenvalue weighted by Crippen LogP contribution is 2.18. The molecule has 1 N–H and O–H groups in total. The van der Waals surface area contributed by atoms with Gasteiger partial charge in [-0.15, -0.1) is 0 Å². The number of nitrogens with zero attached hydrogens (tertiary/aromatic N) is 2. The fraction of sp³-hybridized carbons (Fsp3) is 0.400. The molecule has 0 fully saturated rings. The van der Waals surface area contributed by atoms with Crippen molar-refractivity contribution in [1.29, 1.82) is 0 Å². The van der Waals surface area contributed by atoms with Crippen LogP contribution in [0.3, 0.4) is 0 Å². The molecule has 2 rings (SSSR count). The first-order chi connectivity index (χ1) is 8.83. The van der Waals surface area contributed by atoms with Crippen molar-refractivity contribution in [3.63, 3.8) is 0 Å². The Labute approximate surface area is 109 Å². The van der Waals surface area contributed by atoms with Crippen molar-refractivity contribution in [1.82, 2.24) is 15.1 Å². The highest BCUT2D eigenvalue weighted by molar-refractivity contribution is 5.61. The largest absolute Gasteiger partial charge is 0.313 e. The Morgan fingerprint density at radius 1 is 1.11 bits per heavy atom. The van der Waals surface area contributed by atoms with Crippen molar-refractivity contribution in [3.05, 3.63) is 42.2 Å². The van der Waals surface area contributed by atoms with E-state index in [-0.39, 0.29) is 0 Å². The lowest BCUT2D eigenvalue weighted by Gasteiger charge is -2.04. The quantitative estimate of drug-likeness (QED) is 0.790. The second-order valence-corrected chi connectivity index (χ2v) is 4.46. The minimum atomic E-state index is 0.916. The third-order valence-electron chi connectivity index (χ3n) is 3.00. The molecule has 18 heavy (non-hydrogen) atoms. The van der Waals surface area contributed by atoms with E-state index in [4.69, 9.17) is 0 Å². The summed E-state index contributed by atoms with van der Waals surface area (Å²) in [5, 5.41) is 7.71. The lowest BCUT2D eigenvalue weighted by atomic mass is 10.1. The molecule has 0 atom stereocenters. The molecule has 0 amide bonds. The van der Waals surface area contributed by atoms with Crippen molar-refractivity contribution in [2.24, 2.45) is 0 Å².